The quantitative estimate of drug-likeness (QED) is 0.914. The van der Waals surface area contributed by atoms with Gasteiger partial charge in [-0.15, -0.1) is 0 Å². The van der Waals surface area contributed by atoms with Crippen LogP contribution in [0.3, 0.4) is 0 Å². The van der Waals surface area contributed by atoms with Gasteiger partial charge in [0, 0.05) is 18.1 Å². The highest BCUT2D eigenvalue weighted by Gasteiger charge is 2.29. The van der Waals surface area contributed by atoms with Gasteiger partial charge in [0.2, 0.25) is 0 Å². The number of aliphatic carboxylic acids is 1. The largest absolute Gasteiger partial charge is 0.481 e. The lowest BCUT2D eigenvalue weighted by molar-refractivity contribution is -0.143. The molecule has 1 heterocycles. The molecule has 1 N–H and O–H groups in total. The molecule has 0 saturated carbocycles. The number of likely N-dealkylation sites (tertiary alicyclic amines) is 1. The molecule has 1 aromatic carbocycles. The molecule has 0 unspecified atom stereocenters. The monoisotopic (exact) mass is 301 g/mol. The molecule has 0 spiro atoms. The zero-order valence-corrected chi connectivity index (χ0v) is 11.6. The predicted molar refractivity (Wildman–Crippen MR) is 72.7 cm³/mol. The first-order chi connectivity index (χ1) is 8.99. The molecule has 1 aromatic rings. The van der Waals surface area contributed by atoms with E-state index in [9.17, 15) is 9.59 Å². The summed E-state index contributed by atoms with van der Waals surface area (Å²) < 4.78 is 0. The number of rotatable bonds is 2. The summed E-state index contributed by atoms with van der Waals surface area (Å²) in [4.78, 5) is 24.9. The van der Waals surface area contributed by atoms with Gasteiger partial charge in [0.1, 0.15) is 0 Å². The van der Waals surface area contributed by atoms with Crippen LogP contribution in [0, 0.1) is 5.92 Å². The van der Waals surface area contributed by atoms with E-state index in [1.165, 1.54) is 11.0 Å². The lowest BCUT2D eigenvalue weighted by atomic mass is 9.97. The first-order valence-electron chi connectivity index (χ1n) is 5.96. The number of carbonyl (C=O) groups is 2. The zero-order valence-electron chi connectivity index (χ0n) is 10.1. The van der Waals surface area contributed by atoms with Gasteiger partial charge in [0.15, 0.2) is 0 Å². The number of hydrogen-bond donors (Lipinski definition) is 1. The van der Waals surface area contributed by atoms with Crippen LogP contribution in [-0.2, 0) is 4.79 Å². The van der Waals surface area contributed by atoms with Crippen LogP contribution < -0.4 is 0 Å². The van der Waals surface area contributed by atoms with E-state index in [4.69, 9.17) is 28.3 Å². The normalized spacial score (nSPS) is 19.3. The number of carbonyl (C=O) groups excluding carboxylic acids is 1. The minimum atomic E-state index is -0.866. The van der Waals surface area contributed by atoms with Crippen molar-refractivity contribution in [1.29, 1.82) is 0 Å². The molecule has 1 aliphatic rings. The number of carboxylic acids is 1. The fraction of sp³-hybridized carbons (Fsp3) is 0.385. The van der Waals surface area contributed by atoms with Crippen LogP contribution in [0.2, 0.25) is 10.0 Å². The van der Waals surface area contributed by atoms with E-state index in [0.717, 1.165) is 0 Å². The Kier molecular flexibility index (Phi) is 4.32. The molecule has 1 saturated heterocycles. The van der Waals surface area contributed by atoms with E-state index in [-0.39, 0.29) is 12.5 Å². The Morgan fingerprint density at radius 2 is 2.05 bits per heavy atom. The summed E-state index contributed by atoms with van der Waals surface area (Å²) in [6, 6.07) is 4.68. The molecule has 1 aliphatic heterocycles. The summed E-state index contributed by atoms with van der Waals surface area (Å²) in [5.41, 5.74) is 0.320. The fourth-order valence-electron chi connectivity index (χ4n) is 2.19. The van der Waals surface area contributed by atoms with Crippen molar-refractivity contribution in [2.24, 2.45) is 5.92 Å². The first-order valence-corrected chi connectivity index (χ1v) is 6.72. The fourth-order valence-corrected chi connectivity index (χ4v) is 2.57. The Morgan fingerprint density at radius 1 is 1.32 bits per heavy atom. The molecular formula is C13H13Cl2NO3. The predicted octanol–water partition coefficient (Wildman–Crippen LogP) is 2.93. The lowest BCUT2D eigenvalue weighted by Crippen LogP contribution is -2.42. The molecular weight excluding hydrogens is 289 g/mol. The van der Waals surface area contributed by atoms with Crippen molar-refractivity contribution in [1.82, 2.24) is 4.90 Å². The van der Waals surface area contributed by atoms with Crippen LogP contribution >= 0.6 is 23.2 Å². The Bertz CT molecular complexity index is 519. The Balaban J connectivity index is 2.19. The molecule has 102 valence electrons. The summed E-state index contributed by atoms with van der Waals surface area (Å²) in [5.74, 6) is -1.64. The maximum Gasteiger partial charge on any atom is 0.308 e. The van der Waals surface area contributed by atoms with Crippen LogP contribution in [0.15, 0.2) is 18.2 Å². The van der Waals surface area contributed by atoms with Gasteiger partial charge in [0.05, 0.1) is 16.5 Å². The summed E-state index contributed by atoms with van der Waals surface area (Å²) in [7, 11) is 0. The minimum absolute atomic E-state index is 0.219. The third-order valence-electron chi connectivity index (χ3n) is 3.22. The van der Waals surface area contributed by atoms with E-state index in [1.807, 2.05) is 0 Å². The molecule has 0 aliphatic carbocycles. The van der Waals surface area contributed by atoms with Crippen molar-refractivity contribution in [2.75, 3.05) is 13.1 Å². The highest BCUT2D eigenvalue weighted by atomic mass is 35.5. The molecule has 1 fully saturated rings. The van der Waals surface area contributed by atoms with Crippen LogP contribution in [0.5, 0.6) is 0 Å². The Morgan fingerprint density at radius 3 is 2.74 bits per heavy atom. The van der Waals surface area contributed by atoms with Gasteiger partial charge in [-0.25, -0.2) is 0 Å². The van der Waals surface area contributed by atoms with Crippen molar-refractivity contribution in [3.05, 3.63) is 33.8 Å². The van der Waals surface area contributed by atoms with Gasteiger partial charge in [-0.1, -0.05) is 23.2 Å². The molecule has 4 nitrogen and oxygen atoms in total. The van der Waals surface area contributed by atoms with Gasteiger partial charge in [-0.2, -0.15) is 0 Å². The number of amides is 1. The van der Waals surface area contributed by atoms with Gasteiger partial charge >= 0.3 is 5.97 Å². The topological polar surface area (TPSA) is 57.6 Å². The molecule has 2 rings (SSSR count). The van der Waals surface area contributed by atoms with Gasteiger partial charge < -0.3 is 10.0 Å². The van der Waals surface area contributed by atoms with E-state index in [0.29, 0.717) is 35.0 Å². The van der Waals surface area contributed by atoms with Crippen molar-refractivity contribution < 1.29 is 14.7 Å². The maximum atomic E-state index is 12.3. The summed E-state index contributed by atoms with van der Waals surface area (Å²) in [5, 5.41) is 9.78. The number of piperidine rings is 1. The van der Waals surface area contributed by atoms with Crippen LogP contribution in [0.1, 0.15) is 23.2 Å². The average Bonchev–Trinajstić information content (AvgIpc) is 2.41. The Hall–Kier alpha value is -1.26. The average molecular weight is 302 g/mol. The number of halogens is 2. The number of carboxylic acid groups (broad SMARTS) is 1. The van der Waals surface area contributed by atoms with Gasteiger partial charge in [0.25, 0.3) is 5.91 Å². The molecule has 1 amide bonds. The van der Waals surface area contributed by atoms with Crippen LogP contribution in [-0.4, -0.2) is 35.0 Å². The van der Waals surface area contributed by atoms with Gasteiger partial charge in [-0.05, 0) is 31.0 Å². The number of benzene rings is 1. The summed E-state index contributed by atoms with van der Waals surface area (Å²) >= 11 is 11.8. The summed E-state index contributed by atoms with van der Waals surface area (Å²) in [6.45, 7) is 0.766. The zero-order chi connectivity index (χ0) is 14.0. The van der Waals surface area contributed by atoms with E-state index < -0.39 is 11.9 Å². The SMILES string of the molecule is O=C(O)[C@H]1CCCN(C(=O)c2cc(Cl)ccc2Cl)C1. The second-order valence-electron chi connectivity index (χ2n) is 4.55. The number of hydrogen-bond acceptors (Lipinski definition) is 2. The molecule has 19 heavy (non-hydrogen) atoms. The molecule has 0 radical (unpaired) electrons. The lowest BCUT2D eigenvalue weighted by Gasteiger charge is -2.31. The highest BCUT2D eigenvalue weighted by molar-refractivity contribution is 6.35. The third-order valence-corrected chi connectivity index (χ3v) is 3.78. The van der Waals surface area contributed by atoms with E-state index in [2.05, 4.69) is 0 Å². The van der Waals surface area contributed by atoms with E-state index >= 15 is 0 Å². The second-order valence-corrected chi connectivity index (χ2v) is 5.40. The maximum absolute atomic E-state index is 12.3. The van der Waals surface area contributed by atoms with Crippen LogP contribution in [0.4, 0.5) is 0 Å². The minimum Gasteiger partial charge on any atom is -0.481 e. The Labute approximate surface area is 120 Å². The molecule has 1 atom stereocenters. The van der Waals surface area contributed by atoms with Crippen molar-refractivity contribution in [3.8, 4) is 0 Å². The molecule has 6 heteroatoms. The smallest absolute Gasteiger partial charge is 0.308 e. The molecule has 0 aromatic heterocycles. The second kappa shape index (κ2) is 5.80. The van der Waals surface area contributed by atoms with Crippen molar-refractivity contribution in [2.45, 2.75) is 12.8 Å². The highest BCUT2D eigenvalue weighted by Crippen LogP contribution is 2.25. The number of nitrogens with zero attached hydrogens (tertiary/aromatic N) is 1. The standard InChI is InChI=1S/C13H13Cl2NO3/c14-9-3-4-11(15)10(6-9)12(17)16-5-1-2-8(7-16)13(18)19/h3-4,6,8H,1-2,5,7H2,(H,18,19)/t8-/m0/s1. The summed E-state index contributed by atoms with van der Waals surface area (Å²) in [6.07, 6.45) is 1.28. The van der Waals surface area contributed by atoms with Crippen molar-refractivity contribution in [3.63, 3.8) is 0 Å². The van der Waals surface area contributed by atoms with Gasteiger partial charge in [-0.3, -0.25) is 9.59 Å². The van der Waals surface area contributed by atoms with Crippen molar-refractivity contribution >= 4 is 35.1 Å². The molecule has 0 bridgehead atoms. The third kappa shape index (κ3) is 3.19. The first kappa shape index (κ1) is 14.2. The van der Waals surface area contributed by atoms with Crippen LogP contribution in [0.25, 0.3) is 0 Å². The van der Waals surface area contributed by atoms with E-state index in [1.54, 1.807) is 12.1 Å².